The minimum atomic E-state index is -0.00667. The van der Waals surface area contributed by atoms with Gasteiger partial charge in [-0.1, -0.05) is 0 Å². The number of nitrogens with zero attached hydrogens (tertiary/aromatic N) is 3. The van der Waals surface area contributed by atoms with Crippen molar-refractivity contribution in [2.75, 3.05) is 26.2 Å². The smallest absolute Gasteiger partial charge is 0.225 e. The first-order chi connectivity index (χ1) is 12.7. The lowest BCUT2D eigenvalue weighted by atomic mass is 9.80. The minimum absolute atomic E-state index is 0.00667. The van der Waals surface area contributed by atoms with Crippen LogP contribution in [0.1, 0.15) is 31.2 Å². The van der Waals surface area contributed by atoms with Crippen molar-refractivity contribution in [3.05, 3.63) is 30.1 Å². The molecule has 0 aromatic carbocycles. The number of amides is 3. The Kier molecular flexibility index (Phi) is 6.20. The second kappa shape index (κ2) is 8.78. The number of piperazine rings is 1. The molecule has 140 valence electrons. The molecule has 3 rings (SSSR count). The van der Waals surface area contributed by atoms with Crippen molar-refractivity contribution in [2.24, 2.45) is 11.8 Å². The van der Waals surface area contributed by atoms with Gasteiger partial charge in [0.05, 0.1) is 0 Å². The highest BCUT2D eigenvalue weighted by atomic mass is 16.2. The van der Waals surface area contributed by atoms with Crippen LogP contribution in [0.5, 0.6) is 0 Å². The van der Waals surface area contributed by atoms with Crippen molar-refractivity contribution in [3.63, 3.8) is 0 Å². The number of carbonyl (C=O) groups is 3. The normalized spacial score (nSPS) is 23.4. The lowest BCUT2D eigenvalue weighted by Gasteiger charge is -2.36. The summed E-state index contributed by atoms with van der Waals surface area (Å²) in [4.78, 5) is 43.3. The second-order valence-electron chi connectivity index (χ2n) is 7.09. The van der Waals surface area contributed by atoms with Crippen LogP contribution in [0.2, 0.25) is 0 Å². The fraction of sp³-hybridized carbons (Fsp3) is 0.579. The monoisotopic (exact) mass is 358 g/mol. The van der Waals surface area contributed by atoms with Gasteiger partial charge in [0.25, 0.3) is 0 Å². The second-order valence-corrected chi connectivity index (χ2v) is 7.09. The summed E-state index contributed by atoms with van der Waals surface area (Å²) in [5.74, 6) is 0.272. The van der Waals surface area contributed by atoms with Gasteiger partial charge in [0.1, 0.15) is 0 Å². The van der Waals surface area contributed by atoms with Gasteiger partial charge in [-0.3, -0.25) is 19.4 Å². The zero-order valence-electron chi connectivity index (χ0n) is 15.0. The summed E-state index contributed by atoms with van der Waals surface area (Å²) in [6.45, 7) is 2.97. The molecule has 1 N–H and O–H groups in total. The Morgan fingerprint density at radius 2 is 1.65 bits per heavy atom. The Bertz CT molecular complexity index is 621. The minimum Gasteiger partial charge on any atom is -0.352 e. The zero-order chi connectivity index (χ0) is 18.4. The van der Waals surface area contributed by atoms with Gasteiger partial charge in [0.15, 0.2) is 0 Å². The number of pyridine rings is 1. The number of hydrogen-bond acceptors (Lipinski definition) is 4. The average Bonchev–Trinajstić information content (AvgIpc) is 2.72. The predicted octanol–water partition coefficient (Wildman–Crippen LogP) is 0.805. The molecule has 1 aromatic heterocycles. The third kappa shape index (κ3) is 4.59. The maximum Gasteiger partial charge on any atom is 0.225 e. The van der Waals surface area contributed by atoms with E-state index < -0.39 is 0 Å². The molecule has 0 bridgehead atoms. The van der Waals surface area contributed by atoms with Crippen LogP contribution in [0, 0.1) is 11.8 Å². The van der Waals surface area contributed by atoms with Crippen molar-refractivity contribution < 1.29 is 14.4 Å². The number of nitrogens with one attached hydrogen (secondary N) is 1. The van der Waals surface area contributed by atoms with Crippen LogP contribution in [0.3, 0.4) is 0 Å². The quantitative estimate of drug-likeness (QED) is 0.790. The Morgan fingerprint density at radius 1 is 1.04 bits per heavy atom. The van der Waals surface area contributed by atoms with E-state index in [0.29, 0.717) is 32.7 Å². The molecule has 0 atom stereocenters. The first kappa shape index (κ1) is 18.4. The molecule has 26 heavy (non-hydrogen) atoms. The predicted molar refractivity (Wildman–Crippen MR) is 95.7 cm³/mol. The Labute approximate surface area is 153 Å². The molecule has 1 aliphatic heterocycles. The van der Waals surface area contributed by atoms with Crippen LogP contribution >= 0.6 is 0 Å². The van der Waals surface area contributed by atoms with E-state index in [1.807, 2.05) is 17.0 Å². The van der Waals surface area contributed by atoms with Gasteiger partial charge in [0.2, 0.25) is 18.2 Å². The molecule has 1 aromatic rings. The maximum absolute atomic E-state index is 12.6. The van der Waals surface area contributed by atoms with Gasteiger partial charge in [-0.15, -0.1) is 0 Å². The molecule has 2 fully saturated rings. The summed E-state index contributed by atoms with van der Waals surface area (Å²) in [5, 5.41) is 2.99. The van der Waals surface area contributed by atoms with E-state index in [2.05, 4.69) is 10.3 Å². The zero-order valence-corrected chi connectivity index (χ0v) is 15.0. The molecule has 2 aliphatic rings. The van der Waals surface area contributed by atoms with E-state index in [1.54, 1.807) is 17.3 Å². The van der Waals surface area contributed by atoms with Crippen LogP contribution in [-0.2, 0) is 20.9 Å². The molecule has 0 spiro atoms. The molecule has 7 nitrogen and oxygen atoms in total. The lowest BCUT2D eigenvalue weighted by molar-refractivity contribution is -0.141. The number of carbonyl (C=O) groups excluding carboxylic acids is 3. The molecule has 1 saturated carbocycles. The third-order valence-electron chi connectivity index (χ3n) is 5.44. The summed E-state index contributed by atoms with van der Waals surface area (Å²) in [6, 6.07) is 3.78. The van der Waals surface area contributed by atoms with Crippen molar-refractivity contribution >= 4 is 18.2 Å². The van der Waals surface area contributed by atoms with Gasteiger partial charge in [-0.25, -0.2) is 0 Å². The first-order valence-corrected chi connectivity index (χ1v) is 9.32. The molecule has 0 unspecified atom stereocenters. The Morgan fingerprint density at radius 3 is 2.27 bits per heavy atom. The third-order valence-corrected chi connectivity index (χ3v) is 5.44. The van der Waals surface area contributed by atoms with Crippen LogP contribution in [-0.4, -0.2) is 59.2 Å². The summed E-state index contributed by atoms with van der Waals surface area (Å²) >= 11 is 0. The van der Waals surface area contributed by atoms with Crippen LogP contribution in [0.4, 0.5) is 0 Å². The van der Waals surface area contributed by atoms with Gasteiger partial charge < -0.3 is 15.1 Å². The van der Waals surface area contributed by atoms with E-state index in [0.717, 1.165) is 37.7 Å². The van der Waals surface area contributed by atoms with Gasteiger partial charge in [-0.05, 0) is 43.4 Å². The SMILES string of the molecule is O=CN1CCN(C(=O)C2CCC(C(=O)NCc3ccncc3)CC2)CC1. The van der Waals surface area contributed by atoms with Crippen molar-refractivity contribution in [1.82, 2.24) is 20.1 Å². The summed E-state index contributed by atoms with van der Waals surface area (Å²) in [5.41, 5.74) is 1.03. The molecular formula is C19H26N4O3. The van der Waals surface area contributed by atoms with Crippen molar-refractivity contribution in [3.8, 4) is 0 Å². The fourth-order valence-electron chi connectivity index (χ4n) is 3.74. The summed E-state index contributed by atoms with van der Waals surface area (Å²) in [7, 11) is 0. The molecular weight excluding hydrogens is 332 g/mol. The number of hydrogen-bond donors (Lipinski definition) is 1. The van der Waals surface area contributed by atoms with E-state index >= 15 is 0 Å². The van der Waals surface area contributed by atoms with Gasteiger partial charge in [-0.2, -0.15) is 0 Å². The van der Waals surface area contributed by atoms with Crippen molar-refractivity contribution in [1.29, 1.82) is 0 Å². The van der Waals surface area contributed by atoms with Crippen molar-refractivity contribution in [2.45, 2.75) is 32.2 Å². The van der Waals surface area contributed by atoms with Crippen LogP contribution in [0.25, 0.3) is 0 Å². The molecule has 1 aliphatic carbocycles. The molecule has 2 heterocycles. The Balaban J connectivity index is 1.41. The molecule has 3 amide bonds. The highest BCUT2D eigenvalue weighted by Gasteiger charge is 2.33. The van der Waals surface area contributed by atoms with E-state index in [1.165, 1.54) is 0 Å². The van der Waals surface area contributed by atoms with E-state index in [-0.39, 0.29) is 23.7 Å². The maximum atomic E-state index is 12.6. The van der Waals surface area contributed by atoms with E-state index in [4.69, 9.17) is 0 Å². The highest BCUT2D eigenvalue weighted by molar-refractivity contribution is 5.81. The molecule has 1 saturated heterocycles. The summed E-state index contributed by atoms with van der Waals surface area (Å²) in [6.07, 6.45) is 7.32. The lowest BCUT2D eigenvalue weighted by Crippen LogP contribution is -2.50. The summed E-state index contributed by atoms with van der Waals surface area (Å²) < 4.78 is 0. The standard InChI is InChI=1S/C19H26N4O3/c24-14-22-9-11-23(12-10-22)19(26)17-3-1-16(2-4-17)18(25)21-13-15-5-7-20-8-6-15/h5-8,14,16-17H,1-4,9-13H2,(H,21,25). The topological polar surface area (TPSA) is 82.6 Å². The highest BCUT2D eigenvalue weighted by Crippen LogP contribution is 2.30. The largest absolute Gasteiger partial charge is 0.352 e. The van der Waals surface area contributed by atoms with E-state index in [9.17, 15) is 14.4 Å². The Hall–Kier alpha value is -2.44. The van der Waals surface area contributed by atoms with Gasteiger partial charge in [0, 0.05) is 57.0 Å². The van der Waals surface area contributed by atoms with Crippen LogP contribution < -0.4 is 5.32 Å². The average molecular weight is 358 g/mol. The molecule has 7 heteroatoms. The van der Waals surface area contributed by atoms with Gasteiger partial charge >= 0.3 is 0 Å². The van der Waals surface area contributed by atoms with Crippen LogP contribution in [0.15, 0.2) is 24.5 Å². The molecule has 0 radical (unpaired) electrons. The number of rotatable bonds is 5. The first-order valence-electron chi connectivity index (χ1n) is 9.32. The fourth-order valence-corrected chi connectivity index (χ4v) is 3.74. The number of aromatic nitrogens is 1.